The molecule has 28 heavy (non-hydrogen) atoms. The molecule has 0 aliphatic carbocycles. The molecule has 3 N–H and O–H groups in total. The van der Waals surface area contributed by atoms with Crippen LogP contribution in [0.2, 0.25) is 0 Å². The van der Waals surface area contributed by atoms with E-state index in [1.807, 2.05) is 6.07 Å². The number of carbonyl (C=O) groups is 3. The van der Waals surface area contributed by atoms with E-state index in [9.17, 15) is 14.4 Å². The minimum atomic E-state index is -0.547. The van der Waals surface area contributed by atoms with Gasteiger partial charge in [-0.25, -0.2) is 0 Å². The Morgan fingerprint density at radius 3 is 1.89 bits per heavy atom. The quantitative estimate of drug-likeness (QED) is 0.542. The summed E-state index contributed by atoms with van der Waals surface area (Å²) in [6, 6.07) is 21.9. The van der Waals surface area contributed by atoms with Gasteiger partial charge in [-0.1, -0.05) is 46.3 Å². The monoisotopic (exact) mass is 437 g/mol. The van der Waals surface area contributed by atoms with Gasteiger partial charge in [-0.3, -0.25) is 25.2 Å². The number of benzene rings is 3. The molecule has 0 unspecified atom stereocenters. The highest BCUT2D eigenvalue weighted by Gasteiger charge is 2.15. The van der Waals surface area contributed by atoms with Crippen LogP contribution in [0.1, 0.15) is 31.1 Å². The third kappa shape index (κ3) is 4.83. The number of hydrogen-bond acceptors (Lipinski definition) is 3. The topological polar surface area (TPSA) is 87.3 Å². The van der Waals surface area contributed by atoms with Gasteiger partial charge in [0.15, 0.2) is 0 Å². The normalized spacial score (nSPS) is 10.0. The molecule has 3 rings (SSSR count). The lowest BCUT2D eigenvalue weighted by Crippen LogP contribution is -2.41. The van der Waals surface area contributed by atoms with Gasteiger partial charge >= 0.3 is 0 Å². The van der Waals surface area contributed by atoms with Gasteiger partial charge in [0.25, 0.3) is 17.7 Å². The molecule has 0 aromatic heterocycles. The second-order valence-corrected chi connectivity index (χ2v) is 6.70. The number of amides is 3. The van der Waals surface area contributed by atoms with Crippen LogP contribution in [0.25, 0.3) is 0 Å². The number of halogens is 1. The molecule has 0 fully saturated rings. The maximum atomic E-state index is 12.5. The number of hydrogen-bond donors (Lipinski definition) is 3. The Morgan fingerprint density at radius 2 is 1.18 bits per heavy atom. The van der Waals surface area contributed by atoms with Gasteiger partial charge in [-0.2, -0.15) is 0 Å². The van der Waals surface area contributed by atoms with Crippen molar-refractivity contribution in [3.63, 3.8) is 0 Å². The van der Waals surface area contributed by atoms with Gasteiger partial charge in [0.1, 0.15) is 0 Å². The summed E-state index contributed by atoms with van der Waals surface area (Å²) >= 11 is 3.30. The van der Waals surface area contributed by atoms with Crippen molar-refractivity contribution in [1.29, 1.82) is 0 Å². The highest BCUT2D eigenvalue weighted by Crippen LogP contribution is 2.16. The fourth-order valence-corrected chi connectivity index (χ4v) is 2.69. The van der Waals surface area contributed by atoms with Crippen molar-refractivity contribution in [3.05, 3.63) is 100 Å². The fraction of sp³-hybridized carbons (Fsp3) is 0. The fourth-order valence-electron chi connectivity index (χ4n) is 2.43. The van der Waals surface area contributed by atoms with Crippen LogP contribution in [0.15, 0.2) is 83.3 Å². The zero-order valence-corrected chi connectivity index (χ0v) is 16.2. The van der Waals surface area contributed by atoms with Gasteiger partial charge in [0.05, 0.1) is 11.3 Å². The molecule has 3 amide bonds. The van der Waals surface area contributed by atoms with Crippen LogP contribution in [0.5, 0.6) is 0 Å². The Kier molecular flexibility index (Phi) is 6.18. The lowest BCUT2D eigenvalue weighted by molar-refractivity contribution is 0.0847. The summed E-state index contributed by atoms with van der Waals surface area (Å²) in [7, 11) is 0. The molecule has 7 heteroatoms. The van der Waals surface area contributed by atoms with E-state index < -0.39 is 11.8 Å². The van der Waals surface area contributed by atoms with Crippen molar-refractivity contribution < 1.29 is 14.4 Å². The van der Waals surface area contributed by atoms with Crippen LogP contribution in [-0.4, -0.2) is 17.7 Å². The smallest absolute Gasteiger partial charge is 0.271 e. The molecule has 0 aliphatic heterocycles. The number of carbonyl (C=O) groups excluding carboxylic acids is 3. The van der Waals surface area contributed by atoms with Crippen molar-refractivity contribution in [3.8, 4) is 0 Å². The molecule has 140 valence electrons. The second-order valence-electron chi connectivity index (χ2n) is 5.78. The lowest BCUT2D eigenvalue weighted by Gasteiger charge is -2.12. The maximum Gasteiger partial charge on any atom is 0.271 e. The standard InChI is InChI=1S/C21H16BrN3O3/c22-16-12-10-15(11-13-16)20(27)24-25-21(28)17-8-4-5-9-18(17)23-19(26)14-6-2-1-3-7-14/h1-13H,(H,23,26)(H,24,27)(H,25,28). The first-order chi connectivity index (χ1) is 13.5. The molecule has 0 saturated carbocycles. The Morgan fingerprint density at radius 1 is 0.607 bits per heavy atom. The molecule has 6 nitrogen and oxygen atoms in total. The maximum absolute atomic E-state index is 12.5. The third-order valence-electron chi connectivity index (χ3n) is 3.85. The lowest BCUT2D eigenvalue weighted by atomic mass is 10.1. The van der Waals surface area contributed by atoms with Crippen LogP contribution in [-0.2, 0) is 0 Å². The van der Waals surface area contributed by atoms with Gasteiger partial charge in [-0.05, 0) is 48.5 Å². The molecule has 0 spiro atoms. The van der Waals surface area contributed by atoms with E-state index in [4.69, 9.17) is 0 Å². The van der Waals surface area contributed by atoms with Crippen LogP contribution < -0.4 is 16.2 Å². The molecule has 3 aromatic rings. The number of rotatable bonds is 4. The molecule has 0 heterocycles. The molecular weight excluding hydrogens is 422 g/mol. The van der Waals surface area contributed by atoms with Crippen molar-refractivity contribution in [2.24, 2.45) is 0 Å². The predicted octanol–water partition coefficient (Wildman–Crippen LogP) is 3.78. The Bertz CT molecular complexity index is 1000. The predicted molar refractivity (Wildman–Crippen MR) is 110 cm³/mol. The highest BCUT2D eigenvalue weighted by molar-refractivity contribution is 9.10. The van der Waals surface area contributed by atoms with Crippen molar-refractivity contribution in [2.45, 2.75) is 0 Å². The Balaban J connectivity index is 1.68. The van der Waals surface area contributed by atoms with Crippen molar-refractivity contribution in [1.82, 2.24) is 10.9 Å². The third-order valence-corrected chi connectivity index (χ3v) is 4.38. The van der Waals surface area contributed by atoms with Crippen molar-refractivity contribution >= 4 is 39.3 Å². The minimum Gasteiger partial charge on any atom is -0.321 e. The largest absolute Gasteiger partial charge is 0.321 e. The minimum absolute atomic E-state index is 0.225. The summed E-state index contributed by atoms with van der Waals surface area (Å²) in [5.74, 6) is -1.33. The van der Waals surface area contributed by atoms with Crippen LogP contribution in [0.4, 0.5) is 5.69 Å². The van der Waals surface area contributed by atoms with E-state index in [1.54, 1.807) is 72.8 Å². The van der Waals surface area contributed by atoms with E-state index in [1.165, 1.54) is 0 Å². The molecule has 0 radical (unpaired) electrons. The first kappa shape index (κ1) is 19.3. The summed E-state index contributed by atoms with van der Waals surface area (Å²) in [4.78, 5) is 37.0. The Hall–Kier alpha value is -3.45. The zero-order valence-electron chi connectivity index (χ0n) is 14.6. The summed E-state index contributed by atoms with van der Waals surface area (Å²) in [5, 5.41) is 2.72. The van der Waals surface area contributed by atoms with Crippen LogP contribution in [0.3, 0.4) is 0 Å². The van der Waals surface area contributed by atoms with Gasteiger partial charge in [0.2, 0.25) is 0 Å². The zero-order chi connectivity index (χ0) is 19.9. The van der Waals surface area contributed by atoms with Crippen LogP contribution in [0, 0.1) is 0 Å². The average molecular weight is 438 g/mol. The summed E-state index contributed by atoms with van der Waals surface area (Å²) in [6.07, 6.45) is 0. The molecule has 0 atom stereocenters. The average Bonchev–Trinajstić information content (AvgIpc) is 2.73. The molecule has 0 saturated heterocycles. The molecule has 0 bridgehead atoms. The van der Waals surface area contributed by atoms with E-state index >= 15 is 0 Å². The van der Waals surface area contributed by atoms with Crippen molar-refractivity contribution in [2.75, 3.05) is 5.32 Å². The first-order valence-electron chi connectivity index (χ1n) is 8.36. The first-order valence-corrected chi connectivity index (χ1v) is 9.15. The second kappa shape index (κ2) is 8.96. The summed E-state index contributed by atoms with van der Waals surface area (Å²) in [6.45, 7) is 0. The highest BCUT2D eigenvalue weighted by atomic mass is 79.9. The number of nitrogens with one attached hydrogen (secondary N) is 3. The molecular formula is C21H16BrN3O3. The summed E-state index contributed by atoms with van der Waals surface area (Å²) in [5.41, 5.74) is 6.16. The van der Waals surface area contributed by atoms with Gasteiger partial charge < -0.3 is 5.32 Å². The van der Waals surface area contributed by atoms with Crippen LogP contribution >= 0.6 is 15.9 Å². The SMILES string of the molecule is O=C(NNC(=O)c1ccccc1NC(=O)c1ccccc1)c1ccc(Br)cc1. The number of hydrazine groups is 1. The van der Waals surface area contributed by atoms with E-state index in [0.717, 1.165) is 4.47 Å². The van der Waals surface area contributed by atoms with E-state index in [0.29, 0.717) is 16.8 Å². The van der Waals surface area contributed by atoms with Gasteiger partial charge in [-0.15, -0.1) is 0 Å². The molecule has 0 aliphatic rings. The molecule has 3 aromatic carbocycles. The van der Waals surface area contributed by atoms with E-state index in [2.05, 4.69) is 32.1 Å². The van der Waals surface area contributed by atoms with E-state index in [-0.39, 0.29) is 11.5 Å². The Labute approximate surface area is 170 Å². The van der Waals surface area contributed by atoms with Gasteiger partial charge in [0, 0.05) is 15.6 Å². The number of anilines is 1. The summed E-state index contributed by atoms with van der Waals surface area (Å²) < 4.78 is 0.844. The number of para-hydroxylation sites is 1.